The Bertz CT molecular complexity index is 701. The van der Waals surface area contributed by atoms with E-state index in [0.717, 1.165) is 37.6 Å². The minimum Gasteiger partial charge on any atom is -0.480 e. The molecule has 7 nitrogen and oxygen atoms in total. The number of nitrogens with one attached hydrogen (secondary N) is 1. The van der Waals surface area contributed by atoms with Crippen molar-refractivity contribution in [1.29, 1.82) is 0 Å². The molecular formula is C18H25N5O2S. The van der Waals surface area contributed by atoms with E-state index in [4.69, 9.17) is 4.74 Å². The van der Waals surface area contributed by atoms with Crippen LogP contribution in [-0.2, 0) is 4.79 Å². The van der Waals surface area contributed by atoms with E-state index in [1.807, 2.05) is 28.5 Å². The monoisotopic (exact) mass is 375 g/mol. The molecule has 0 aromatic carbocycles. The van der Waals surface area contributed by atoms with Crippen molar-refractivity contribution in [2.24, 2.45) is 0 Å². The molecule has 0 bridgehead atoms. The van der Waals surface area contributed by atoms with Gasteiger partial charge in [0.1, 0.15) is 5.82 Å². The Kier molecular flexibility index (Phi) is 6.40. The number of aromatic nitrogens is 2. The topological polar surface area (TPSA) is 70.6 Å². The second kappa shape index (κ2) is 8.95. The summed E-state index contributed by atoms with van der Waals surface area (Å²) in [7, 11) is 1.62. The van der Waals surface area contributed by atoms with Crippen molar-refractivity contribution in [1.82, 2.24) is 19.6 Å². The normalized spacial score (nSPS) is 15.8. The summed E-state index contributed by atoms with van der Waals surface area (Å²) in [5, 5.41) is 5.36. The second-order valence-electron chi connectivity index (χ2n) is 6.26. The molecule has 0 aliphatic carbocycles. The fraction of sp³-hybridized carbons (Fsp3) is 0.500. The molecule has 1 atom stereocenters. The Balaban J connectivity index is 1.41. The summed E-state index contributed by atoms with van der Waals surface area (Å²) >= 11 is 1.38. The molecule has 26 heavy (non-hydrogen) atoms. The minimum absolute atomic E-state index is 0.109. The van der Waals surface area contributed by atoms with Gasteiger partial charge in [0, 0.05) is 62.3 Å². The van der Waals surface area contributed by atoms with Gasteiger partial charge in [0.05, 0.1) is 7.11 Å². The number of nitrogens with zero attached hydrogens (tertiary/aromatic N) is 4. The molecule has 1 aliphatic heterocycles. The predicted octanol–water partition coefficient (Wildman–Crippen LogP) is 1.94. The molecule has 0 spiro atoms. The van der Waals surface area contributed by atoms with Crippen molar-refractivity contribution < 1.29 is 9.53 Å². The molecular weight excluding hydrogens is 350 g/mol. The molecule has 1 amide bonds. The van der Waals surface area contributed by atoms with Crippen molar-refractivity contribution in [2.75, 3.05) is 44.7 Å². The number of rotatable bonds is 7. The average Bonchev–Trinajstić information content (AvgIpc) is 3.17. The quantitative estimate of drug-likeness (QED) is 0.797. The number of anilines is 1. The standard InChI is InChI=1S/C18H25N5O2S/c1-14(15-13-26-21-18(15)25-2)19-8-6-17(24)23-11-9-22(10-12-23)16-5-3-4-7-20-16/h3-5,7,13-14,19H,6,8-12H2,1-2H3. The van der Waals surface area contributed by atoms with E-state index in [1.165, 1.54) is 11.5 Å². The first-order chi connectivity index (χ1) is 12.7. The molecule has 140 valence electrons. The third-order valence-corrected chi connectivity index (χ3v) is 5.25. The van der Waals surface area contributed by atoms with E-state index in [2.05, 4.69) is 26.5 Å². The molecule has 0 saturated carbocycles. The van der Waals surface area contributed by atoms with Crippen LogP contribution in [0, 0.1) is 0 Å². The fourth-order valence-corrected chi connectivity index (χ4v) is 3.81. The molecule has 2 aromatic rings. The molecule has 3 heterocycles. The molecule has 1 N–H and O–H groups in total. The summed E-state index contributed by atoms with van der Waals surface area (Å²) in [6.07, 6.45) is 2.30. The number of pyridine rings is 1. The summed E-state index contributed by atoms with van der Waals surface area (Å²) in [4.78, 5) is 21.0. The van der Waals surface area contributed by atoms with Crippen LogP contribution in [0.1, 0.15) is 24.9 Å². The Hall–Kier alpha value is -2.19. The number of hydrogen-bond donors (Lipinski definition) is 1. The van der Waals surface area contributed by atoms with Gasteiger partial charge in [0.15, 0.2) is 0 Å². The first kappa shape index (κ1) is 18.6. The Morgan fingerprint density at radius 1 is 1.35 bits per heavy atom. The summed E-state index contributed by atoms with van der Waals surface area (Å²) in [6.45, 7) is 5.83. The molecule has 1 fully saturated rings. The number of amides is 1. The van der Waals surface area contributed by atoms with Gasteiger partial charge >= 0.3 is 0 Å². The van der Waals surface area contributed by atoms with E-state index in [-0.39, 0.29) is 11.9 Å². The van der Waals surface area contributed by atoms with Crippen LogP contribution < -0.4 is 15.0 Å². The Morgan fingerprint density at radius 3 is 2.85 bits per heavy atom. The molecule has 8 heteroatoms. The predicted molar refractivity (Wildman–Crippen MR) is 103 cm³/mol. The number of hydrogen-bond acceptors (Lipinski definition) is 7. The lowest BCUT2D eigenvalue weighted by molar-refractivity contribution is -0.131. The van der Waals surface area contributed by atoms with Crippen LogP contribution in [0.25, 0.3) is 0 Å². The second-order valence-corrected chi connectivity index (χ2v) is 6.89. The summed E-state index contributed by atoms with van der Waals surface area (Å²) < 4.78 is 9.45. The molecule has 3 rings (SSSR count). The van der Waals surface area contributed by atoms with Gasteiger partial charge in [-0.2, -0.15) is 4.37 Å². The highest BCUT2D eigenvalue weighted by Crippen LogP contribution is 2.25. The van der Waals surface area contributed by atoms with Gasteiger partial charge in [-0.15, -0.1) is 0 Å². The number of ether oxygens (including phenoxy) is 1. The lowest BCUT2D eigenvalue weighted by Crippen LogP contribution is -2.49. The van der Waals surface area contributed by atoms with Crippen molar-refractivity contribution in [3.05, 3.63) is 35.3 Å². The van der Waals surface area contributed by atoms with Crippen LogP contribution in [-0.4, -0.2) is 60.0 Å². The first-order valence-electron chi connectivity index (χ1n) is 8.84. The van der Waals surface area contributed by atoms with Crippen LogP contribution in [0.4, 0.5) is 5.82 Å². The number of piperazine rings is 1. The van der Waals surface area contributed by atoms with E-state index in [0.29, 0.717) is 18.8 Å². The fourth-order valence-electron chi connectivity index (χ4n) is 3.07. The van der Waals surface area contributed by atoms with Gasteiger partial charge in [0.25, 0.3) is 0 Å². The maximum Gasteiger partial charge on any atom is 0.229 e. The van der Waals surface area contributed by atoms with E-state index in [1.54, 1.807) is 13.3 Å². The lowest BCUT2D eigenvalue weighted by Gasteiger charge is -2.35. The van der Waals surface area contributed by atoms with Gasteiger partial charge in [-0.25, -0.2) is 4.98 Å². The third kappa shape index (κ3) is 4.50. The maximum atomic E-state index is 12.4. The lowest BCUT2D eigenvalue weighted by atomic mass is 10.2. The van der Waals surface area contributed by atoms with E-state index < -0.39 is 0 Å². The zero-order valence-electron chi connectivity index (χ0n) is 15.2. The van der Waals surface area contributed by atoms with Crippen LogP contribution in [0.5, 0.6) is 5.88 Å². The minimum atomic E-state index is 0.109. The van der Waals surface area contributed by atoms with Crippen LogP contribution in [0.15, 0.2) is 29.8 Å². The average molecular weight is 375 g/mol. The Morgan fingerprint density at radius 2 is 2.15 bits per heavy atom. The third-order valence-electron chi connectivity index (χ3n) is 4.62. The van der Waals surface area contributed by atoms with Crippen molar-refractivity contribution >= 4 is 23.3 Å². The largest absolute Gasteiger partial charge is 0.480 e. The molecule has 0 radical (unpaired) electrons. The zero-order chi connectivity index (χ0) is 18.4. The first-order valence-corrected chi connectivity index (χ1v) is 9.68. The summed E-state index contributed by atoms with van der Waals surface area (Å²) in [6, 6.07) is 6.03. The van der Waals surface area contributed by atoms with Crippen molar-refractivity contribution in [3.8, 4) is 5.88 Å². The smallest absolute Gasteiger partial charge is 0.229 e. The number of carbonyl (C=O) groups excluding carboxylic acids is 1. The molecule has 1 saturated heterocycles. The van der Waals surface area contributed by atoms with Gasteiger partial charge in [-0.05, 0) is 30.6 Å². The highest BCUT2D eigenvalue weighted by atomic mass is 32.1. The van der Waals surface area contributed by atoms with Crippen LogP contribution >= 0.6 is 11.5 Å². The van der Waals surface area contributed by atoms with Gasteiger partial charge < -0.3 is 19.9 Å². The highest BCUT2D eigenvalue weighted by Gasteiger charge is 2.22. The maximum absolute atomic E-state index is 12.4. The van der Waals surface area contributed by atoms with Crippen molar-refractivity contribution in [2.45, 2.75) is 19.4 Å². The number of carbonyl (C=O) groups is 1. The SMILES string of the molecule is COc1nscc1C(C)NCCC(=O)N1CCN(c2ccccn2)CC1. The Labute approximate surface area is 158 Å². The van der Waals surface area contributed by atoms with E-state index in [9.17, 15) is 4.79 Å². The molecule has 1 unspecified atom stereocenters. The molecule has 2 aromatic heterocycles. The summed E-state index contributed by atoms with van der Waals surface area (Å²) in [5.41, 5.74) is 1.04. The van der Waals surface area contributed by atoms with Gasteiger partial charge in [-0.1, -0.05) is 6.07 Å². The van der Waals surface area contributed by atoms with Gasteiger partial charge in [0.2, 0.25) is 11.8 Å². The van der Waals surface area contributed by atoms with E-state index >= 15 is 0 Å². The number of methoxy groups -OCH3 is 1. The zero-order valence-corrected chi connectivity index (χ0v) is 16.0. The summed E-state index contributed by atoms with van der Waals surface area (Å²) in [5.74, 6) is 1.83. The van der Waals surface area contributed by atoms with Gasteiger partial charge in [-0.3, -0.25) is 4.79 Å². The molecule has 1 aliphatic rings. The van der Waals surface area contributed by atoms with Crippen LogP contribution in [0.2, 0.25) is 0 Å². The van der Waals surface area contributed by atoms with Crippen LogP contribution in [0.3, 0.4) is 0 Å². The van der Waals surface area contributed by atoms with Crippen molar-refractivity contribution in [3.63, 3.8) is 0 Å². The highest BCUT2D eigenvalue weighted by molar-refractivity contribution is 7.03.